The molecular weight excluding hydrogens is 368 g/mol. The molecule has 1 aliphatic rings. The Bertz CT molecular complexity index is 841. The van der Waals surface area contributed by atoms with Crippen LogP contribution in [-0.4, -0.2) is 41.2 Å². The summed E-state index contributed by atoms with van der Waals surface area (Å²) in [6.45, 7) is 8.96. The number of amides is 2. The van der Waals surface area contributed by atoms with Gasteiger partial charge in [0.2, 0.25) is 11.8 Å². The molecule has 3 rings (SSSR count). The first-order chi connectivity index (χ1) is 13.5. The van der Waals surface area contributed by atoms with Crippen molar-refractivity contribution in [3.63, 3.8) is 0 Å². The predicted octanol–water partition coefficient (Wildman–Crippen LogP) is 4.35. The van der Waals surface area contributed by atoms with Gasteiger partial charge in [-0.05, 0) is 42.3 Å². The van der Waals surface area contributed by atoms with Gasteiger partial charge in [0.05, 0.1) is 6.04 Å². The zero-order valence-corrected chi connectivity index (χ0v) is 17.5. The lowest BCUT2D eigenvalue weighted by atomic mass is 9.92. The van der Waals surface area contributed by atoms with E-state index < -0.39 is 0 Å². The number of carbonyl (C=O) groups is 2. The summed E-state index contributed by atoms with van der Waals surface area (Å²) in [6.07, 6.45) is 3.78. The number of carbonyl (C=O) groups excluding carboxylic acids is 2. The second kappa shape index (κ2) is 9.20. The molecular formula is C23H28N2O2S. The third-order valence-corrected chi connectivity index (χ3v) is 6.17. The molecule has 1 aliphatic heterocycles. The SMILES string of the molecule is C=CCN(CC(=O)N1CCc2sccc2C1c1ccc(C)cc1)C(=O)CCC. The lowest BCUT2D eigenvalue weighted by molar-refractivity contribution is -0.141. The summed E-state index contributed by atoms with van der Waals surface area (Å²) in [4.78, 5) is 30.6. The van der Waals surface area contributed by atoms with Gasteiger partial charge in [-0.15, -0.1) is 17.9 Å². The monoisotopic (exact) mass is 396 g/mol. The van der Waals surface area contributed by atoms with Crippen LogP contribution in [0.1, 0.15) is 47.4 Å². The smallest absolute Gasteiger partial charge is 0.243 e. The molecule has 0 aliphatic carbocycles. The van der Waals surface area contributed by atoms with Crippen LogP contribution in [0, 0.1) is 6.92 Å². The van der Waals surface area contributed by atoms with Crippen molar-refractivity contribution >= 4 is 23.2 Å². The molecule has 0 saturated carbocycles. The van der Waals surface area contributed by atoms with Crippen molar-refractivity contribution in [2.24, 2.45) is 0 Å². The minimum absolute atomic E-state index is 0.00581. The number of hydrogen-bond acceptors (Lipinski definition) is 3. The van der Waals surface area contributed by atoms with Crippen molar-refractivity contribution in [3.8, 4) is 0 Å². The van der Waals surface area contributed by atoms with Crippen molar-refractivity contribution in [2.45, 2.75) is 39.2 Å². The molecule has 0 radical (unpaired) electrons. The molecule has 0 N–H and O–H groups in total. The van der Waals surface area contributed by atoms with Crippen LogP contribution in [0.15, 0.2) is 48.4 Å². The molecule has 0 fully saturated rings. The minimum Gasteiger partial charge on any atom is -0.330 e. The van der Waals surface area contributed by atoms with Gasteiger partial charge in [0.1, 0.15) is 6.54 Å². The number of benzene rings is 1. The Balaban J connectivity index is 1.87. The van der Waals surface area contributed by atoms with Crippen LogP contribution in [-0.2, 0) is 16.0 Å². The Morgan fingerprint density at radius 3 is 2.71 bits per heavy atom. The van der Waals surface area contributed by atoms with E-state index in [0.29, 0.717) is 19.5 Å². The average molecular weight is 397 g/mol. The Kier molecular flexibility index (Phi) is 6.68. The summed E-state index contributed by atoms with van der Waals surface area (Å²) in [6, 6.07) is 10.4. The van der Waals surface area contributed by atoms with Crippen LogP contribution in [0.2, 0.25) is 0 Å². The zero-order chi connectivity index (χ0) is 20.1. The van der Waals surface area contributed by atoms with Gasteiger partial charge in [0, 0.05) is 24.4 Å². The highest BCUT2D eigenvalue weighted by molar-refractivity contribution is 7.10. The van der Waals surface area contributed by atoms with Gasteiger partial charge >= 0.3 is 0 Å². The van der Waals surface area contributed by atoms with E-state index in [1.807, 2.05) is 11.8 Å². The lowest BCUT2D eigenvalue weighted by Gasteiger charge is -2.37. The van der Waals surface area contributed by atoms with E-state index in [0.717, 1.165) is 18.4 Å². The molecule has 2 amide bonds. The van der Waals surface area contributed by atoms with Crippen LogP contribution in [0.5, 0.6) is 0 Å². The third kappa shape index (κ3) is 4.36. The van der Waals surface area contributed by atoms with Gasteiger partial charge in [0.15, 0.2) is 0 Å². The minimum atomic E-state index is -0.0880. The van der Waals surface area contributed by atoms with E-state index in [-0.39, 0.29) is 24.4 Å². The van der Waals surface area contributed by atoms with Crippen molar-refractivity contribution in [2.75, 3.05) is 19.6 Å². The first-order valence-electron chi connectivity index (χ1n) is 9.86. The summed E-state index contributed by atoms with van der Waals surface area (Å²) in [7, 11) is 0. The van der Waals surface area contributed by atoms with Gasteiger partial charge in [-0.3, -0.25) is 9.59 Å². The largest absolute Gasteiger partial charge is 0.330 e. The summed E-state index contributed by atoms with van der Waals surface area (Å²) in [5, 5.41) is 2.11. The summed E-state index contributed by atoms with van der Waals surface area (Å²) in [5.74, 6) is 0.00426. The molecule has 4 nitrogen and oxygen atoms in total. The van der Waals surface area contributed by atoms with Crippen molar-refractivity contribution in [1.29, 1.82) is 0 Å². The van der Waals surface area contributed by atoms with Crippen LogP contribution in [0.3, 0.4) is 0 Å². The van der Waals surface area contributed by atoms with Crippen LogP contribution >= 0.6 is 11.3 Å². The van der Waals surface area contributed by atoms with Crippen LogP contribution < -0.4 is 0 Å². The quantitative estimate of drug-likeness (QED) is 0.653. The summed E-state index contributed by atoms with van der Waals surface area (Å²) >= 11 is 1.76. The maximum atomic E-state index is 13.3. The van der Waals surface area contributed by atoms with E-state index in [1.165, 1.54) is 16.0 Å². The molecule has 1 aromatic heterocycles. The predicted molar refractivity (Wildman–Crippen MR) is 114 cm³/mol. The highest BCUT2D eigenvalue weighted by atomic mass is 32.1. The molecule has 1 atom stereocenters. The maximum Gasteiger partial charge on any atom is 0.243 e. The third-order valence-electron chi connectivity index (χ3n) is 5.17. The van der Waals surface area contributed by atoms with E-state index in [9.17, 15) is 9.59 Å². The Hall–Kier alpha value is -2.40. The van der Waals surface area contributed by atoms with E-state index >= 15 is 0 Å². The first kappa shape index (κ1) is 20.3. The molecule has 148 valence electrons. The number of fused-ring (bicyclic) bond motifs is 1. The Labute approximate surface area is 171 Å². The van der Waals surface area contributed by atoms with Gasteiger partial charge in [-0.1, -0.05) is 42.8 Å². The highest BCUT2D eigenvalue weighted by Crippen LogP contribution is 2.37. The van der Waals surface area contributed by atoms with Gasteiger partial charge in [0.25, 0.3) is 0 Å². The Morgan fingerprint density at radius 1 is 1.29 bits per heavy atom. The van der Waals surface area contributed by atoms with Gasteiger partial charge in [-0.25, -0.2) is 0 Å². The molecule has 2 heterocycles. The highest BCUT2D eigenvalue weighted by Gasteiger charge is 2.33. The molecule has 5 heteroatoms. The molecule has 28 heavy (non-hydrogen) atoms. The van der Waals surface area contributed by atoms with Crippen LogP contribution in [0.25, 0.3) is 0 Å². The fourth-order valence-electron chi connectivity index (χ4n) is 3.73. The number of thiophene rings is 1. The Morgan fingerprint density at radius 2 is 2.04 bits per heavy atom. The molecule has 0 bridgehead atoms. The first-order valence-corrected chi connectivity index (χ1v) is 10.7. The standard InChI is InChI=1S/C23H28N2O2S/c1-4-6-21(26)24(13-5-2)16-22(27)25-14-11-20-19(12-15-28-20)23(25)18-9-7-17(3)8-10-18/h5,7-10,12,15,23H,2,4,6,11,13-14,16H2,1,3H3. The summed E-state index contributed by atoms with van der Waals surface area (Å²) < 4.78 is 0. The number of rotatable bonds is 7. The van der Waals surface area contributed by atoms with Crippen molar-refractivity contribution in [3.05, 3.63) is 69.9 Å². The molecule has 1 aromatic carbocycles. The number of aryl methyl sites for hydroxylation is 1. The summed E-state index contributed by atoms with van der Waals surface area (Å²) in [5.41, 5.74) is 3.53. The van der Waals surface area contributed by atoms with Gasteiger partial charge in [-0.2, -0.15) is 0 Å². The van der Waals surface area contributed by atoms with Crippen molar-refractivity contribution < 1.29 is 9.59 Å². The molecule has 0 saturated heterocycles. The van der Waals surface area contributed by atoms with E-state index in [2.05, 4.69) is 49.2 Å². The second-order valence-corrected chi connectivity index (χ2v) is 8.26. The number of hydrogen-bond donors (Lipinski definition) is 0. The zero-order valence-electron chi connectivity index (χ0n) is 16.7. The average Bonchev–Trinajstić information content (AvgIpc) is 3.16. The fourth-order valence-corrected chi connectivity index (χ4v) is 4.63. The molecule has 1 unspecified atom stereocenters. The van der Waals surface area contributed by atoms with Crippen LogP contribution in [0.4, 0.5) is 0 Å². The van der Waals surface area contributed by atoms with E-state index in [4.69, 9.17) is 0 Å². The lowest BCUT2D eigenvalue weighted by Crippen LogP contribution is -2.46. The molecule has 2 aromatic rings. The topological polar surface area (TPSA) is 40.6 Å². The normalized spacial score (nSPS) is 15.8. The molecule has 0 spiro atoms. The van der Waals surface area contributed by atoms with E-state index in [1.54, 1.807) is 22.3 Å². The van der Waals surface area contributed by atoms with Crippen molar-refractivity contribution in [1.82, 2.24) is 9.80 Å². The number of nitrogens with zero attached hydrogens (tertiary/aromatic N) is 2. The second-order valence-electron chi connectivity index (χ2n) is 7.26. The maximum absolute atomic E-state index is 13.3. The fraction of sp³-hybridized carbons (Fsp3) is 0.391. The van der Waals surface area contributed by atoms with Gasteiger partial charge < -0.3 is 9.80 Å².